The molecule has 0 saturated heterocycles. The molecule has 0 unspecified atom stereocenters. The van der Waals surface area contributed by atoms with E-state index in [4.69, 9.17) is 0 Å². The normalized spacial score (nSPS) is 11.8. The summed E-state index contributed by atoms with van der Waals surface area (Å²) in [5.41, 5.74) is 5.42. The summed E-state index contributed by atoms with van der Waals surface area (Å²) in [6.45, 7) is 2.82. The Morgan fingerprint density at radius 3 is 2.44 bits per heavy atom. The van der Waals surface area contributed by atoms with Gasteiger partial charge in [0.05, 0.1) is 17.4 Å². The number of rotatable bonds is 4. The van der Waals surface area contributed by atoms with Crippen molar-refractivity contribution in [2.24, 2.45) is 0 Å². The molecule has 0 aliphatic rings. The largest absolute Gasteiger partial charge is 0.314 e. The van der Waals surface area contributed by atoms with Crippen LogP contribution in [0.3, 0.4) is 0 Å². The summed E-state index contributed by atoms with van der Waals surface area (Å²) < 4.78 is 25.3. The van der Waals surface area contributed by atoms with E-state index in [0.29, 0.717) is 4.90 Å². The zero-order valence-electron chi connectivity index (χ0n) is 15.0. The number of nitrogens with zero attached hydrogens (tertiary/aromatic N) is 4. The fraction of sp³-hybridized carbons (Fsp3) is 0.150. The number of fused-ring (bicyclic) bond motifs is 1. The van der Waals surface area contributed by atoms with Crippen molar-refractivity contribution in [1.29, 1.82) is 0 Å². The SMILES string of the molecule is CCn1cnc2c(-c3cccc(-c4ccc(S(C)(=O)=O)cc4)c3)cnnc21. The first kappa shape index (κ1) is 17.4. The van der Waals surface area contributed by atoms with Gasteiger partial charge in [0.25, 0.3) is 0 Å². The predicted octanol–water partition coefficient (Wildman–Crippen LogP) is 3.58. The molecule has 2 heterocycles. The van der Waals surface area contributed by atoms with E-state index in [0.717, 1.165) is 40.0 Å². The molecule has 0 aliphatic carbocycles. The van der Waals surface area contributed by atoms with Crippen LogP contribution in [-0.4, -0.2) is 34.4 Å². The minimum atomic E-state index is -3.20. The van der Waals surface area contributed by atoms with Gasteiger partial charge in [-0.05, 0) is 41.8 Å². The third kappa shape index (κ3) is 3.21. The Morgan fingerprint density at radius 1 is 1.00 bits per heavy atom. The minimum Gasteiger partial charge on any atom is -0.314 e. The molecule has 2 aromatic heterocycles. The predicted molar refractivity (Wildman–Crippen MR) is 105 cm³/mol. The summed E-state index contributed by atoms with van der Waals surface area (Å²) in [6, 6.07) is 14.9. The van der Waals surface area contributed by atoms with E-state index in [9.17, 15) is 8.42 Å². The average Bonchev–Trinajstić information content (AvgIpc) is 3.11. The van der Waals surface area contributed by atoms with Crippen LogP contribution < -0.4 is 0 Å². The zero-order valence-corrected chi connectivity index (χ0v) is 15.8. The van der Waals surface area contributed by atoms with Gasteiger partial charge in [-0.2, -0.15) is 5.10 Å². The van der Waals surface area contributed by atoms with E-state index >= 15 is 0 Å². The van der Waals surface area contributed by atoms with E-state index in [1.165, 1.54) is 6.26 Å². The number of aryl methyl sites for hydroxylation is 1. The summed E-state index contributed by atoms with van der Waals surface area (Å²) in [5.74, 6) is 0. The van der Waals surface area contributed by atoms with Crippen LogP contribution in [0, 0.1) is 0 Å². The average molecular weight is 378 g/mol. The van der Waals surface area contributed by atoms with Crippen LogP contribution in [-0.2, 0) is 16.4 Å². The molecule has 0 amide bonds. The molecule has 0 spiro atoms. The standard InChI is InChI=1S/C20H18N4O2S/c1-3-24-13-21-19-18(12-22-23-20(19)24)16-6-4-5-15(11-16)14-7-9-17(10-8-14)27(2,25)26/h4-13H,3H2,1-2H3. The Balaban J connectivity index is 1.79. The fourth-order valence-electron chi connectivity index (χ4n) is 3.08. The number of benzene rings is 2. The third-order valence-corrected chi connectivity index (χ3v) is 5.66. The lowest BCUT2D eigenvalue weighted by molar-refractivity contribution is 0.602. The van der Waals surface area contributed by atoms with Crippen LogP contribution in [0.4, 0.5) is 0 Å². The van der Waals surface area contributed by atoms with Crippen molar-refractivity contribution >= 4 is 21.0 Å². The molecular weight excluding hydrogens is 360 g/mol. The van der Waals surface area contributed by atoms with Gasteiger partial charge in [-0.15, -0.1) is 5.10 Å². The van der Waals surface area contributed by atoms with E-state index in [1.54, 1.807) is 24.7 Å². The van der Waals surface area contributed by atoms with Gasteiger partial charge in [-0.25, -0.2) is 13.4 Å². The van der Waals surface area contributed by atoms with Crippen LogP contribution in [0.5, 0.6) is 0 Å². The summed E-state index contributed by atoms with van der Waals surface area (Å²) >= 11 is 0. The molecule has 27 heavy (non-hydrogen) atoms. The number of hydrogen-bond donors (Lipinski definition) is 0. The molecule has 0 aliphatic heterocycles. The second kappa shape index (κ2) is 6.59. The lowest BCUT2D eigenvalue weighted by Crippen LogP contribution is -1.96. The molecule has 0 atom stereocenters. The monoisotopic (exact) mass is 378 g/mol. The van der Waals surface area contributed by atoms with Gasteiger partial charge in [0.1, 0.15) is 5.52 Å². The Morgan fingerprint density at radius 2 is 1.74 bits per heavy atom. The molecule has 4 rings (SSSR count). The molecule has 4 aromatic rings. The third-order valence-electron chi connectivity index (χ3n) is 4.53. The molecular formula is C20H18N4O2S. The van der Waals surface area contributed by atoms with E-state index < -0.39 is 9.84 Å². The number of hydrogen-bond acceptors (Lipinski definition) is 5. The highest BCUT2D eigenvalue weighted by Gasteiger charge is 2.12. The maximum atomic E-state index is 11.6. The van der Waals surface area contributed by atoms with Gasteiger partial charge < -0.3 is 4.57 Å². The van der Waals surface area contributed by atoms with Crippen molar-refractivity contribution in [3.63, 3.8) is 0 Å². The van der Waals surface area contributed by atoms with Crippen LogP contribution in [0.2, 0.25) is 0 Å². The lowest BCUT2D eigenvalue weighted by Gasteiger charge is -2.07. The van der Waals surface area contributed by atoms with E-state index in [2.05, 4.69) is 21.2 Å². The quantitative estimate of drug-likeness (QED) is 0.542. The molecule has 6 nitrogen and oxygen atoms in total. The van der Waals surface area contributed by atoms with Gasteiger partial charge >= 0.3 is 0 Å². The Bertz CT molecular complexity index is 1230. The van der Waals surface area contributed by atoms with Gasteiger partial charge in [-0.3, -0.25) is 0 Å². The van der Waals surface area contributed by atoms with Crippen molar-refractivity contribution in [3.8, 4) is 22.3 Å². The Kier molecular flexibility index (Phi) is 4.24. The summed E-state index contributed by atoms with van der Waals surface area (Å²) in [5, 5.41) is 8.34. The van der Waals surface area contributed by atoms with Crippen molar-refractivity contribution < 1.29 is 8.42 Å². The van der Waals surface area contributed by atoms with Gasteiger partial charge in [0.2, 0.25) is 0 Å². The van der Waals surface area contributed by atoms with Crippen molar-refractivity contribution in [2.45, 2.75) is 18.4 Å². The van der Waals surface area contributed by atoms with Crippen molar-refractivity contribution in [2.75, 3.05) is 6.26 Å². The maximum Gasteiger partial charge on any atom is 0.183 e. The van der Waals surface area contributed by atoms with E-state index in [1.807, 2.05) is 41.8 Å². The van der Waals surface area contributed by atoms with Crippen LogP contribution >= 0.6 is 0 Å². The second-order valence-electron chi connectivity index (χ2n) is 6.34. The highest BCUT2D eigenvalue weighted by molar-refractivity contribution is 7.90. The second-order valence-corrected chi connectivity index (χ2v) is 8.35. The molecule has 0 radical (unpaired) electrons. The van der Waals surface area contributed by atoms with Crippen LogP contribution in [0.15, 0.2) is 66.0 Å². The maximum absolute atomic E-state index is 11.6. The highest BCUT2D eigenvalue weighted by Crippen LogP contribution is 2.30. The topological polar surface area (TPSA) is 77.7 Å². The van der Waals surface area contributed by atoms with Crippen LogP contribution in [0.1, 0.15) is 6.92 Å². The zero-order chi connectivity index (χ0) is 19.0. The fourth-order valence-corrected chi connectivity index (χ4v) is 3.71. The van der Waals surface area contributed by atoms with E-state index in [-0.39, 0.29) is 0 Å². The lowest BCUT2D eigenvalue weighted by atomic mass is 10.00. The van der Waals surface area contributed by atoms with Crippen molar-refractivity contribution in [3.05, 3.63) is 61.1 Å². The Labute approximate surface area is 157 Å². The minimum absolute atomic E-state index is 0.313. The van der Waals surface area contributed by atoms with Gasteiger partial charge in [-0.1, -0.05) is 30.3 Å². The molecule has 0 saturated carbocycles. The number of aromatic nitrogens is 4. The first-order valence-corrected chi connectivity index (χ1v) is 10.4. The molecule has 136 valence electrons. The first-order chi connectivity index (χ1) is 13.0. The summed E-state index contributed by atoms with van der Waals surface area (Å²) in [7, 11) is -3.20. The van der Waals surface area contributed by atoms with Crippen molar-refractivity contribution in [1.82, 2.24) is 19.7 Å². The first-order valence-electron chi connectivity index (χ1n) is 8.55. The number of sulfone groups is 1. The van der Waals surface area contributed by atoms with Crippen LogP contribution in [0.25, 0.3) is 33.4 Å². The Hall–Kier alpha value is -3.06. The highest BCUT2D eigenvalue weighted by atomic mass is 32.2. The molecule has 2 aromatic carbocycles. The molecule has 7 heteroatoms. The summed E-state index contributed by atoms with van der Waals surface area (Å²) in [6.07, 6.45) is 4.71. The molecule has 0 bridgehead atoms. The smallest absolute Gasteiger partial charge is 0.183 e. The van der Waals surface area contributed by atoms with Gasteiger partial charge in [0, 0.05) is 18.4 Å². The molecule has 0 N–H and O–H groups in total. The molecule has 0 fully saturated rings. The van der Waals surface area contributed by atoms with Gasteiger partial charge in [0.15, 0.2) is 15.5 Å². The number of imidazole rings is 1. The summed E-state index contributed by atoms with van der Waals surface area (Å²) in [4.78, 5) is 4.81.